The van der Waals surface area contributed by atoms with Gasteiger partial charge in [0.05, 0.1) is 30.7 Å². The summed E-state index contributed by atoms with van der Waals surface area (Å²) in [6, 6.07) is 14.3. The minimum atomic E-state index is -0.631. The molecule has 33 heavy (non-hydrogen) atoms. The van der Waals surface area contributed by atoms with Crippen LogP contribution in [-0.2, 0) is 9.53 Å². The fourth-order valence-corrected chi connectivity index (χ4v) is 3.44. The summed E-state index contributed by atoms with van der Waals surface area (Å²) in [6.07, 6.45) is 2.17. The Morgan fingerprint density at radius 1 is 1.24 bits per heavy atom. The highest BCUT2D eigenvalue weighted by molar-refractivity contribution is 6.00. The number of carbonyl (C=O) groups is 1. The second-order valence-corrected chi connectivity index (χ2v) is 7.23. The number of carbonyl (C=O) groups excluding carboxylic acids is 1. The van der Waals surface area contributed by atoms with Crippen LogP contribution >= 0.6 is 0 Å². The molecule has 8 nitrogen and oxygen atoms in total. The van der Waals surface area contributed by atoms with Crippen LogP contribution in [0.1, 0.15) is 5.56 Å². The number of halogens is 1. The molecule has 9 heteroatoms. The lowest BCUT2D eigenvalue weighted by molar-refractivity contribution is -0.111. The van der Waals surface area contributed by atoms with Crippen molar-refractivity contribution in [1.29, 1.82) is 5.26 Å². The van der Waals surface area contributed by atoms with Crippen LogP contribution in [0.25, 0.3) is 11.3 Å². The molecule has 1 aromatic heterocycles. The molecule has 0 atom stereocenters. The van der Waals surface area contributed by atoms with Gasteiger partial charge in [-0.1, -0.05) is 18.7 Å². The second kappa shape index (κ2) is 9.89. The number of nitriles is 1. The van der Waals surface area contributed by atoms with Crippen molar-refractivity contribution in [2.24, 2.45) is 0 Å². The summed E-state index contributed by atoms with van der Waals surface area (Å²) < 4.78 is 20.0. The number of anilines is 4. The van der Waals surface area contributed by atoms with E-state index in [1.807, 2.05) is 30.3 Å². The minimum absolute atomic E-state index is 0.0374. The first-order chi connectivity index (χ1) is 16.1. The summed E-state index contributed by atoms with van der Waals surface area (Å²) in [5.74, 6) is -0.894. The average molecular weight is 444 g/mol. The molecule has 1 fully saturated rings. The molecule has 0 radical (unpaired) electrons. The standard InChI is InChI=1S/C24H21FN6O2/c1-2-22(32)29-21-12-16(6-7-17(21)14-26)23-20(25)15-27-24(30-23)28-18-4-3-5-19(13-18)31-8-10-33-11-9-31/h2-7,12-13,15H,1,8-11H2,(H,29,32)(H,27,28,30). The highest BCUT2D eigenvalue weighted by Crippen LogP contribution is 2.28. The first-order valence-electron chi connectivity index (χ1n) is 10.3. The summed E-state index contributed by atoms with van der Waals surface area (Å²) in [5, 5.41) is 15.0. The molecule has 0 unspecified atom stereocenters. The molecule has 2 heterocycles. The van der Waals surface area contributed by atoms with Crippen LogP contribution in [-0.4, -0.2) is 42.2 Å². The maximum Gasteiger partial charge on any atom is 0.247 e. The predicted molar refractivity (Wildman–Crippen MR) is 124 cm³/mol. The van der Waals surface area contributed by atoms with E-state index in [4.69, 9.17) is 4.74 Å². The van der Waals surface area contributed by atoms with Crippen LogP contribution in [0.15, 0.2) is 61.3 Å². The lowest BCUT2D eigenvalue weighted by Crippen LogP contribution is -2.36. The van der Waals surface area contributed by atoms with Crippen LogP contribution in [0.2, 0.25) is 0 Å². The van der Waals surface area contributed by atoms with Crippen molar-refractivity contribution >= 4 is 28.9 Å². The molecule has 1 aliphatic rings. The van der Waals surface area contributed by atoms with E-state index in [9.17, 15) is 14.4 Å². The Morgan fingerprint density at radius 3 is 2.82 bits per heavy atom. The summed E-state index contributed by atoms with van der Waals surface area (Å²) in [4.78, 5) is 22.3. The number of nitrogens with zero attached hydrogens (tertiary/aromatic N) is 4. The molecule has 0 saturated carbocycles. The Balaban J connectivity index is 1.61. The van der Waals surface area contributed by atoms with Crippen LogP contribution in [0, 0.1) is 17.1 Å². The van der Waals surface area contributed by atoms with Gasteiger partial charge in [0.25, 0.3) is 0 Å². The van der Waals surface area contributed by atoms with Crippen molar-refractivity contribution in [1.82, 2.24) is 9.97 Å². The number of morpholine rings is 1. The van der Waals surface area contributed by atoms with E-state index in [2.05, 4.69) is 32.1 Å². The summed E-state index contributed by atoms with van der Waals surface area (Å²) in [5.41, 5.74) is 2.71. The Morgan fingerprint density at radius 2 is 2.06 bits per heavy atom. The normalized spacial score (nSPS) is 13.2. The number of ether oxygens (including phenoxy) is 1. The van der Waals surface area contributed by atoms with Crippen molar-refractivity contribution < 1.29 is 13.9 Å². The van der Waals surface area contributed by atoms with Gasteiger partial charge < -0.3 is 20.3 Å². The minimum Gasteiger partial charge on any atom is -0.378 e. The van der Waals surface area contributed by atoms with Gasteiger partial charge in [0.15, 0.2) is 5.82 Å². The van der Waals surface area contributed by atoms with E-state index in [1.165, 1.54) is 12.1 Å². The number of hydrogen-bond donors (Lipinski definition) is 2. The molecule has 0 bridgehead atoms. The average Bonchev–Trinajstić information content (AvgIpc) is 2.86. The Labute approximate surface area is 190 Å². The maximum atomic E-state index is 14.6. The predicted octanol–water partition coefficient (Wildman–Crippen LogP) is 3.86. The molecule has 1 aliphatic heterocycles. The zero-order chi connectivity index (χ0) is 23.2. The SMILES string of the molecule is C=CC(=O)Nc1cc(-c2nc(Nc3cccc(N4CCOCC4)c3)ncc2F)ccc1C#N. The molecule has 2 aromatic carbocycles. The van der Waals surface area contributed by atoms with E-state index < -0.39 is 11.7 Å². The van der Waals surface area contributed by atoms with Gasteiger partial charge in [0.2, 0.25) is 11.9 Å². The van der Waals surface area contributed by atoms with Gasteiger partial charge >= 0.3 is 0 Å². The number of benzene rings is 2. The molecular weight excluding hydrogens is 423 g/mol. The van der Waals surface area contributed by atoms with E-state index in [0.29, 0.717) is 18.8 Å². The molecule has 2 N–H and O–H groups in total. The largest absolute Gasteiger partial charge is 0.378 e. The molecule has 1 amide bonds. The fourth-order valence-electron chi connectivity index (χ4n) is 3.44. The van der Waals surface area contributed by atoms with Gasteiger partial charge in [0, 0.05) is 30.0 Å². The number of hydrogen-bond acceptors (Lipinski definition) is 7. The number of amides is 1. The topological polar surface area (TPSA) is 103 Å². The third-order valence-corrected chi connectivity index (χ3v) is 5.08. The van der Waals surface area contributed by atoms with Crippen molar-refractivity contribution in [3.63, 3.8) is 0 Å². The molecule has 0 spiro atoms. The van der Waals surface area contributed by atoms with Crippen molar-refractivity contribution in [2.75, 3.05) is 41.8 Å². The van der Waals surface area contributed by atoms with Crippen LogP contribution in [0.3, 0.4) is 0 Å². The highest BCUT2D eigenvalue weighted by Gasteiger charge is 2.15. The molecular formula is C24H21FN6O2. The molecule has 166 valence electrons. The third-order valence-electron chi connectivity index (χ3n) is 5.08. The summed E-state index contributed by atoms with van der Waals surface area (Å²) in [7, 11) is 0. The second-order valence-electron chi connectivity index (χ2n) is 7.23. The quantitative estimate of drug-likeness (QED) is 0.557. The maximum absolute atomic E-state index is 14.6. The smallest absolute Gasteiger partial charge is 0.247 e. The first kappa shape index (κ1) is 21.9. The third kappa shape index (κ3) is 5.14. The van der Waals surface area contributed by atoms with E-state index >= 15 is 0 Å². The van der Waals surface area contributed by atoms with Gasteiger partial charge in [-0.15, -0.1) is 0 Å². The Kier molecular flexibility index (Phi) is 6.57. The zero-order valence-corrected chi connectivity index (χ0v) is 17.7. The monoisotopic (exact) mass is 444 g/mol. The van der Waals surface area contributed by atoms with Crippen LogP contribution < -0.4 is 15.5 Å². The zero-order valence-electron chi connectivity index (χ0n) is 17.7. The molecule has 1 saturated heterocycles. The number of nitrogens with one attached hydrogen (secondary N) is 2. The number of aromatic nitrogens is 2. The lowest BCUT2D eigenvalue weighted by Gasteiger charge is -2.29. The van der Waals surface area contributed by atoms with Crippen molar-refractivity contribution in [2.45, 2.75) is 0 Å². The van der Waals surface area contributed by atoms with E-state index in [-0.39, 0.29) is 22.9 Å². The van der Waals surface area contributed by atoms with Gasteiger partial charge in [-0.3, -0.25) is 4.79 Å². The van der Waals surface area contributed by atoms with Gasteiger partial charge in [-0.05, 0) is 36.4 Å². The van der Waals surface area contributed by atoms with Gasteiger partial charge in [-0.2, -0.15) is 5.26 Å². The van der Waals surface area contributed by atoms with Crippen LogP contribution in [0.5, 0.6) is 0 Å². The summed E-state index contributed by atoms with van der Waals surface area (Å²) in [6.45, 7) is 6.39. The van der Waals surface area contributed by atoms with E-state index in [0.717, 1.165) is 36.7 Å². The van der Waals surface area contributed by atoms with Gasteiger partial charge in [-0.25, -0.2) is 14.4 Å². The Hall–Kier alpha value is -4.29. The summed E-state index contributed by atoms with van der Waals surface area (Å²) >= 11 is 0. The van der Waals surface area contributed by atoms with Gasteiger partial charge in [0.1, 0.15) is 11.8 Å². The number of rotatable bonds is 6. The first-order valence-corrected chi connectivity index (χ1v) is 10.3. The lowest BCUT2D eigenvalue weighted by atomic mass is 10.1. The molecule has 3 aromatic rings. The highest BCUT2D eigenvalue weighted by atomic mass is 19.1. The van der Waals surface area contributed by atoms with Crippen molar-refractivity contribution in [3.05, 3.63) is 72.7 Å². The van der Waals surface area contributed by atoms with Crippen molar-refractivity contribution in [3.8, 4) is 17.3 Å². The van der Waals surface area contributed by atoms with E-state index in [1.54, 1.807) is 6.07 Å². The Bertz CT molecular complexity index is 1230. The molecule has 4 rings (SSSR count). The fraction of sp³-hybridized carbons (Fsp3) is 0.167. The van der Waals surface area contributed by atoms with Crippen LogP contribution in [0.4, 0.5) is 27.4 Å². The molecule has 0 aliphatic carbocycles.